The molecule has 1 fully saturated rings. The Morgan fingerprint density at radius 3 is 2.83 bits per heavy atom. The molecular weight excluding hydrogens is 306 g/mol. The highest BCUT2D eigenvalue weighted by molar-refractivity contribution is 5.76. The summed E-state index contributed by atoms with van der Waals surface area (Å²) in [6, 6.07) is 3.82. The van der Waals surface area contributed by atoms with Gasteiger partial charge in [0.05, 0.1) is 13.2 Å². The van der Waals surface area contributed by atoms with Crippen molar-refractivity contribution in [1.29, 1.82) is 0 Å². The topological polar surface area (TPSA) is 73.1 Å². The highest BCUT2D eigenvalue weighted by Gasteiger charge is 2.27. The molecule has 0 spiro atoms. The summed E-state index contributed by atoms with van der Waals surface area (Å²) in [5.74, 6) is 0.821. The van der Waals surface area contributed by atoms with E-state index in [1.165, 1.54) is 0 Å². The molecule has 3 heterocycles. The van der Waals surface area contributed by atoms with Gasteiger partial charge in [-0.3, -0.25) is 9.48 Å². The van der Waals surface area contributed by atoms with Crippen LogP contribution in [-0.4, -0.2) is 50.3 Å². The largest absolute Gasteiger partial charge is 0.367 e. The van der Waals surface area contributed by atoms with Crippen molar-refractivity contribution in [3.63, 3.8) is 0 Å². The van der Waals surface area contributed by atoms with Gasteiger partial charge in [0.15, 0.2) is 5.82 Å². The van der Waals surface area contributed by atoms with Gasteiger partial charge in [-0.25, -0.2) is 9.97 Å². The molecule has 2 aromatic heterocycles. The summed E-state index contributed by atoms with van der Waals surface area (Å²) in [7, 11) is 0. The van der Waals surface area contributed by atoms with Crippen LogP contribution < -0.4 is 0 Å². The number of carbonyl (C=O) groups is 1. The summed E-state index contributed by atoms with van der Waals surface area (Å²) < 4.78 is 7.63. The Bertz CT molecular complexity index is 666. The first-order valence-electron chi connectivity index (χ1n) is 8.31. The van der Waals surface area contributed by atoms with Crippen molar-refractivity contribution < 1.29 is 9.53 Å². The fourth-order valence-electron chi connectivity index (χ4n) is 2.91. The summed E-state index contributed by atoms with van der Waals surface area (Å²) in [5, 5.41) is 4.15. The maximum absolute atomic E-state index is 12.4. The first kappa shape index (κ1) is 16.6. The van der Waals surface area contributed by atoms with Crippen molar-refractivity contribution >= 4 is 5.91 Å². The van der Waals surface area contributed by atoms with Crippen LogP contribution in [0.25, 0.3) is 0 Å². The van der Waals surface area contributed by atoms with E-state index in [1.54, 1.807) is 6.20 Å². The lowest BCUT2D eigenvalue weighted by Gasteiger charge is -2.32. The molecule has 0 radical (unpaired) electrons. The number of aryl methyl sites for hydroxylation is 3. The molecule has 1 aliphatic rings. The van der Waals surface area contributed by atoms with E-state index in [4.69, 9.17) is 4.74 Å². The van der Waals surface area contributed by atoms with Crippen LogP contribution in [0.3, 0.4) is 0 Å². The van der Waals surface area contributed by atoms with E-state index in [-0.39, 0.29) is 12.0 Å². The number of ether oxygens (including phenoxy) is 1. The number of morpholine rings is 1. The van der Waals surface area contributed by atoms with Gasteiger partial charge in [-0.05, 0) is 32.4 Å². The van der Waals surface area contributed by atoms with Crippen molar-refractivity contribution in [2.24, 2.45) is 0 Å². The molecular formula is C17H23N5O2. The summed E-state index contributed by atoms with van der Waals surface area (Å²) in [5.41, 5.74) is 1.84. The molecule has 2 aromatic rings. The second kappa shape index (κ2) is 7.53. The van der Waals surface area contributed by atoms with E-state index in [9.17, 15) is 4.79 Å². The second-order valence-corrected chi connectivity index (χ2v) is 6.08. The Labute approximate surface area is 141 Å². The number of amides is 1. The molecule has 1 amide bonds. The van der Waals surface area contributed by atoms with E-state index in [0.717, 1.165) is 24.4 Å². The number of rotatable bonds is 5. The van der Waals surface area contributed by atoms with Gasteiger partial charge in [-0.1, -0.05) is 0 Å². The molecule has 0 bridgehead atoms. The van der Waals surface area contributed by atoms with Gasteiger partial charge < -0.3 is 9.64 Å². The highest BCUT2D eigenvalue weighted by Crippen LogP contribution is 2.20. The van der Waals surface area contributed by atoms with Crippen LogP contribution in [0.1, 0.15) is 36.2 Å². The average molecular weight is 329 g/mol. The van der Waals surface area contributed by atoms with Gasteiger partial charge in [0.1, 0.15) is 6.10 Å². The Morgan fingerprint density at radius 2 is 2.12 bits per heavy atom. The molecule has 3 rings (SSSR count). The normalized spacial score (nSPS) is 17.9. The first-order valence-corrected chi connectivity index (χ1v) is 8.31. The van der Waals surface area contributed by atoms with Crippen molar-refractivity contribution in [2.45, 2.75) is 39.3 Å². The second-order valence-electron chi connectivity index (χ2n) is 6.08. The molecule has 0 aliphatic carbocycles. The molecule has 1 saturated heterocycles. The molecule has 0 N–H and O–H groups in total. The summed E-state index contributed by atoms with van der Waals surface area (Å²) in [6.07, 6.45) is 4.71. The molecule has 1 atom stereocenters. The number of aromatic nitrogens is 4. The average Bonchev–Trinajstić information content (AvgIpc) is 3.07. The highest BCUT2D eigenvalue weighted by atomic mass is 16.5. The lowest BCUT2D eigenvalue weighted by molar-refractivity contribution is -0.139. The van der Waals surface area contributed by atoms with Crippen LogP contribution in [0, 0.1) is 13.8 Å². The van der Waals surface area contributed by atoms with Crippen molar-refractivity contribution in [3.05, 3.63) is 41.7 Å². The van der Waals surface area contributed by atoms with Crippen LogP contribution >= 0.6 is 0 Å². The Balaban J connectivity index is 1.55. The minimum atomic E-state index is -0.243. The van der Waals surface area contributed by atoms with Crippen LogP contribution in [0.4, 0.5) is 0 Å². The lowest BCUT2D eigenvalue weighted by Crippen LogP contribution is -2.42. The maximum atomic E-state index is 12.4. The van der Waals surface area contributed by atoms with Gasteiger partial charge in [-0.15, -0.1) is 0 Å². The van der Waals surface area contributed by atoms with E-state index in [0.29, 0.717) is 31.9 Å². The zero-order valence-electron chi connectivity index (χ0n) is 14.2. The number of nitrogens with zero attached hydrogens (tertiary/aromatic N) is 5. The molecule has 128 valence electrons. The monoisotopic (exact) mass is 329 g/mol. The molecule has 7 nitrogen and oxygen atoms in total. The molecule has 0 unspecified atom stereocenters. The number of carbonyl (C=O) groups excluding carboxylic acids is 1. The summed E-state index contributed by atoms with van der Waals surface area (Å²) in [4.78, 5) is 23.2. The Kier molecular flexibility index (Phi) is 5.20. The SMILES string of the molecule is Cc1cc(C)nc([C@@H]2CN(C(=O)CCCn3cccn3)CCO2)n1. The van der Waals surface area contributed by atoms with E-state index < -0.39 is 0 Å². The van der Waals surface area contributed by atoms with E-state index in [2.05, 4.69) is 15.1 Å². The standard InChI is InChI=1S/C17H23N5O2/c1-13-11-14(2)20-17(19-13)15-12-21(9-10-24-15)16(23)5-3-7-22-8-4-6-18-22/h4,6,8,11,15H,3,5,7,9-10,12H2,1-2H3/t15-/m0/s1. The maximum Gasteiger partial charge on any atom is 0.222 e. The fraction of sp³-hybridized carbons (Fsp3) is 0.529. The van der Waals surface area contributed by atoms with Gasteiger partial charge in [-0.2, -0.15) is 5.10 Å². The van der Waals surface area contributed by atoms with Crippen molar-refractivity contribution in [3.8, 4) is 0 Å². The van der Waals surface area contributed by atoms with Crippen LogP contribution in [0.15, 0.2) is 24.5 Å². The fourth-order valence-corrected chi connectivity index (χ4v) is 2.91. The lowest BCUT2D eigenvalue weighted by atomic mass is 10.2. The molecule has 0 saturated carbocycles. The zero-order valence-corrected chi connectivity index (χ0v) is 14.2. The van der Waals surface area contributed by atoms with Gasteiger partial charge in [0.2, 0.25) is 5.91 Å². The molecule has 1 aliphatic heterocycles. The van der Waals surface area contributed by atoms with E-state index >= 15 is 0 Å². The quantitative estimate of drug-likeness (QED) is 0.834. The van der Waals surface area contributed by atoms with E-state index in [1.807, 2.05) is 41.8 Å². The van der Waals surface area contributed by atoms with Crippen molar-refractivity contribution in [1.82, 2.24) is 24.6 Å². The van der Waals surface area contributed by atoms with Crippen LogP contribution in [0.5, 0.6) is 0 Å². The summed E-state index contributed by atoms with van der Waals surface area (Å²) >= 11 is 0. The smallest absolute Gasteiger partial charge is 0.222 e. The predicted molar refractivity (Wildman–Crippen MR) is 88.2 cm³/mol. The minimum absolute atomic E-state index is 0.153. The van der Waals surface area contributed by atoms with Crippen LogP contribution in [-0.2, 0) is 16.1 Å². The Morgan fingerprint density at radius 1 is 1.33 bits per heavy atom. The molecule has 24 heavy (non-hydrogen) atoms. The molecule has 0 aromatic carbocycles. The third-order valence-electron chi connectivity index (χ3n) is 4.04. The number of hydrogen-bond donors (Lipinski definition) is 0. The third-order valence-corrected chi connectivity index (χ3v) is 4.04. The van der Waals surface area contributed by atoms with Gasteiger partial charge in [0, 0.05) is 43.3 Å². The first-order chi connectivity index (χ1) is 11.6. The molecule has 7 heteroatoms. The minimum Gasteiger partial charge on any atom is -0.367 e. The van der Waals surface area contributed by atoms with Gasteiger partial charge in [0.25, 0.3) is 0 Å². The Hall–Kier alpha value is -2.28. The zero-order chi connectivity index (χ0) is 16.9. The number of hydrogen-bond acceptors (Lipinski definition) is 5. The predicted octanol–water partition coefficient (Wildman–Crippen LogP) is 1.67. The van der Waals surface area contributed by atoms with Crippen LogP contribution in [0.2, 0.25) is 0 Å². The van der Waals surface area contributed by atoms with Crippen molar-refractivity contribution in [2.75, 3.05) is 19.7 Å². The third kappa shape index (κ3) is 4.17. The summed E-state index contributed by atoms with van der Waals surface area (Å²) in [6.45, 7) is 6.31. The van der Waals surface area contributed by atoms with Gasteiger partial charge >= 0.3 is 0 Å².